The third-order valence-electron chi connectivity index (χ3n) is 18.1. The maximum absolute atomic E-state index is 5.03. The Bertz CT molecular complexity index is 4680. The van der Waals surface area contributed by atoms with Crippen LogP contribution in [0.1, 0.15) is 0 Å². The molecule has 0 aliphatic carbocycles. The molecular formula is C95H65N13. The van der Waals surface area contributed by atoms with Crippen LogP contribution in [-0.4, -0.2) is 64.8 Å². The van der Waals surface area contributed by atoms with Gasteiger partial charge in [-0.3, -0.25) is 29.9 Å². The highest BCUT2D eigenvalue weighted by Crippen LogP contribution is 2.38. The maximum atomic E-state index is 5.03. The largest absolute Gasteiger partial charge is 0.265 e. The molecule has 0 saturated heterocycles. The number of benzene rings is 9. The van der Waals surface area contributed by atoms with E-state index in [1.54, 1.807) is 24.8 Å². The molecule has 0 fully saturated rings. The molecule has 510 valence electrons. The van der Waals surface area contributed by atoms with E-state index in [0.717, 1.165) is 140 Å². The van der Waals surface area contributed by atoms with Gasteiger partial charge in [0.05, 0.1) is 22.8 Å². The highest BCUT2D eigenvalue weighted by atomic mass is 15.0. The first-order valence-electron chi connectivity index (χ1n) is 35.3. The first-order chi connectivity index (χ1) is 53.5. The minimum atomic E-state index is 0.619. The number of rotatable bonds is 15. The highest BCUT2D eigenvalue weighted by Gasteiger charge is 2.19. The zero-order valence-corrected chi connectivity index (χ0v) is 58.3. The van der Waals surface area contributed by atoms with Gasteiger partial charge in [0.15, 0.2) is 29.1 Å². The van der Waals surface area contributed by atoms with E-state index in [4.69, 9.17) is 34.9 Å². The Kier molecular flexibility index (Phi) is 20.4. The second kappa shape index (κ2) is 32.6. The second-order valence-corrected chi connectivity index (χ2v) is 25.2. The van der Waals surface area contributed by atoms with Crippen molar-refractivity contribution in [2.75, 3.05) is 0 Å². The van der Waals surface area contributed by atoms with Crippen LogP contribution in [0, 0.1) is 0 Å². The molecule has 0 radical (unpaired) electrons. The summed E-state index contributed by atoms with van der Waals surface area (Å²) in [6, 6.07) is 109. The highest BCUT2D eigenvalue weighted by molar-refractivity contribution is 5.85. The van der Waals surface area contributed by atoms with Crippen LogP contribution in [0.5, 0.6) is 0 Å². The zero-order valence-electron chi connectivity index (χ0n) is 58.3. The molecule has 0 saturated carbocycles. The predicted octanol–water partition coefficient (Wildman–Crippen LogP) is 22.2. The number of hydrogen-bond donors (Lipinski definition) is 0. The van der Waals surface area contributed by atoms with Crippen LogP contribution >= 0.6 is 0 Å². The first-order valence-corrected chi connectivity index (χ1v) is 35.3. The fraction of sp³-hybridized carbons (Fsp3) is 0. The lowest BCUT2D eigenvalue weighted by atomic mass is 9.95. The average Bonchev–Trinajstić information content (AvgIpc) is 0.795. The summed E-state index contributed by atoms with van der Waals surface area (Å²) in [7, 11) is 0. The van der Waals surface area contributed by atoms with Gasteiger partial charge in [-0.05, 0) is 206 Å². The molecule has 0 spiro atoms. The molecule has 0 unspecified atom stereocenters. The van der Waals surface area contributed by atoms with Crippen molar-refractivity contribution < 1.29 is 0 Å². The summed E-state index contributed by atoms with van der Waals surface area (Å²) >= 11 is 0. The molecule has 18 rings (SSSR count). The Balaban J connectivity index is 0.000000124. The molecule has 9 aromatic carbocycles. The summed E-state index contributed by atoms with van der Waals surface area (Å²) in [4.78, 5) is 59.8. The molecule has 18 aromatic rings. The summed E-state index contributed by atoms with van der Waals surface area (Å²) in [5.41, 5.74) is 25.4. The van der Waals surface area contributed by atoms with Crippen molar-refractivity contribution >= 4 is 0 Å². The molecule has 9 aromatic heterocycles. The van der Waals surface area contributed by atoms with Crippen LogP contribution in [-0.2, 0) is 0 Å². The fourth-order valence-corrected chi connectivity index (χ4v) is 12.7. The van der Waals surface area contributed by atoms with Crippen LogP contribution in [0.3, 0.4) is 0 Å². The second-order valence-electron chi connectivity index (χ2n) is 25.2. The number of pyridine rings is 6. The summed E-state index contributed by atoms with van der Waals surface area (Å²) in [5.74, 6) is 3.28. The van der Waals surface area contributed by atoms with Crippen molar-refractivity contribution in [2.45, 2.75) is 0 Å². The monoisotopic (exact) mass is 1390 g/mol. The molecular weight excluding hydrogens is 1320 g/mol. The van der Waals surface area contributed by atoms with Crippen molar-refractivity contribution in [1.82, 2.24) is 64.8 Å². The lowest BCUT2D eigenvalue weighted by Crippen LogP contribution is -2.00. The number of aromatic nitrogens is 13. The normalized spacial score (nSPS) is 10.8. The summed E-state index contributed by atoms with van der Waals surface area (Å²) in [6.45, 7) is 0. The molecule has 9 heterocycles. The van der Waals surface area contributed by atoms with Gasteiger partial charge < -0.3 is 0 Å². The van der Waals surface area contributed by atoms with Crippen molar-refractivity contribution in [3.05, 3.63) is 396 Å². The SMILES string of the molecule is c1ccc(-c2cc(-c3cc(-c4ccncc4)cc(-c4ccncc4)c3)nc(-c3ccccc3)n2)cc1.c1ccc(-c2cc(-c3ccccc3)nc(-c3cc(-c4ccncc4)cc(-c4ccncc4)c3)n2)cc1.c1ccc(-c2nc(-c3ccccc3)nc(-c3cc(-c4ccncc4)cc(-c4ccncc4)c3)n2)cc1. The van der Waals surface area contributed by atoms with E-state index in [1.807, 2.05) is 268 Å². The minimum absolute atomic E-state index is 0.619. The van der Waals surface area contributed by atoms with Gasteiger partial charge >= 0.3 is 0 Å². The van der Waals surface area contributed by atoms with Gasteiger partial charge in [-0.2, -0.15) is 0 Å². The third-order valence-corrected chi connectivity index (χ3v) is 18.1. The molecule has 13 heteroatoms. The predicted molar refractivity (Wildman–Crippen MR) is 432 cm³/mol. The summed E-state index contributed by atoms with van der Waals surface area (Å²) < 4.78 is 0. The topological polar surface area (TPSA) is 168 Å². The average molecular weight is 1390 g/mol. The molecule has 0 N–H and O–H groups in total. The van der Waals surface area contributed by atoms with Gasteiger partial charge in [-0.15, -0.1) is 0 Å². The zero-order chi connectivity index (χ0) is 72.5. The Morgan fingerprint density at radius 1 is 0.111 bits per heavy atom. The van der Waals surface area contributed by atoms with E-state index < -0.39 is 0 Å². The van der Waals surface area contributed by atoms with E-state index >= 15 is 0 Å². The molecule has 0 amide bonds. The van der Waals surface area contributed by atoms with Crippen LogP contribution in [0.25, 0.3) is 169 Å². The van der Waals surface area contributed by atoms with Gasteiger partial charge in [0, 0.05) is 124 Å². The Morgan fingerprint density at radius 2 is 0.278 bits per heavy atom. The summed E-state index contributed by atoms with van der Waals surface area (Å²) in [6.07, 6.45) is 21.7. The molecule has 0 aliphatic heterocycles. The Hall–Kier alpha value is -15.0. The lowest BCUT2D eigenvalue weighted by molar-refractivity contribution is 1.07. The van der Waals surface area contributed by atoms with Gasteiger partial charge in [-0.25, -0.2) is 34.9 Å². The standard InChI is InChI=1S/2C32H22N4.C31H21N5/c1-3-7-25(8-4-1)30-22-31(36-32(35-30)26-9-5-2-6-10-26)29-20-27(23-11-15-33-16-12-23)19-28(21-29)24-13-17-34-18-14-24;1-3-7-25(8-4-1)30-22-31(26-9-5-2-6-10-26)36-32(35-30)29-20-27(23-11-15-33-16-12-23)19-28(21-29)24-13-17-34-18-14-24;1-3-7-24(8-4-1)29-34-30(25-9-5-2-6-10-25)36-31(35-29)28-20-26(22-11-15-32-16-12-22)19-27(21-28)23-13-17-33-18-14-23/h2*1-22H;1-21H. The smallest absolute Gasteiger partial charge is 0.164 e. The van der Waals surface area contributed by atoms with Crippen molar-refractivity contribution in [1.29, 1.82) is 0 Å². The van der Waals surface area contributed by atoms with Gasteiger partial charge in [-0.1, -0.05) is 182 Å². The van der Waals surface area contributed by atoms with Crippen molar-refractivity contribution in [2.24, 2.45) is 0 Å². The van der Waals surface area contributed by atoms with Crippen LogP contribution in [0.15, 0.2) is 396 Å². The third kappa shape index (κ3) is 16.3. The number of hydrogen-bond acceptors (Lipinski definition) is 13. The Labute approximate surface area is 625 Å². The van der Waals surface area contributed by atoms with Crippen molar-refractivity contribution in [3.63, 3.8) is 0 Å². The van der Waals surface area contributed by atoms with E-state index in [0.29, 0.717) is 29.1 Å². The minimum Gasteiger partial charge on any atom is -0.265 e. The van der Waals surface area contributed by atoms with E-state index in [1.165, 1.54) is 0 Å². The van der Waals surface area contributed by atoms with Crippen LogP contribution in [0.4, 0.5) is 0 Å². The fourth-order valence-electron chi connectivity index (χ4n) is 12.7. The Morgan fingerprint density at radius 3 is 0.509 bits per heavy atom. The van der Waals surface area contributed by atoms with Crippen LogP contribution < -0.4 is 0 Å². The first kappa shape index (κ1) is 67.5. The molecule has 0 atom stereocenters. The quantitative estimate of drug-likeness (QED) is 0.0952. The van der Waals surface area contributed by atoms with Crippen LogP contribution in [0.2, 0.25) is 0 Å². The van der Waals surface area contributed by atoms with Gasteiger partial charge in [0.25, 0.3) is 0 Å². The van der Waals surface area contributed by atoms with E-state index in [2.05, 4.69) is 133 Å². The molecule has 0 aliphatic rings. The van der Waals surface area contributed by atoms with Gasteiger partial charge in [0.1, 0.15) is 0 Å². The maximum Gasteiger partial charge on any atom is 0.164 e. The van der Waals surface area contributed by atoms with E-state index in [9.17, 15) is 0 Å². The lowest BCUT2D eigenvalue weighted by Gasteiger charge is -2.13. The molecule has 0 bridgehead atoms. The van der Waals surface area contributed by atoms with E-state index in [-0.39, 0.29) is 0 Å². The molecule has 108 heavy (non-hydrogen) atoms. The van der Waals surface area contributed by atoms with Crippen molar-refractivity contribution in [3.8, 4) is 169 Å². The molecule has 13 nitrogen and oxygen atoms in total. The van der Waals surface area contributed by atoms with Gasteiger partial charge in [0.2, 0.25) is 0 Å². The number of nitrogens with zero attached hydrogens (tertiary/aromatic N) is 13. The summed E-state index contributed by atoms with van der Waals surface area (Å²) in [5, 5.41) is 0.